The monoisotopic (exact) mass is 337 g/mol. The van der Waals surface area contributed by atoms with E-state index in [1.54, 1.807) is 38.3 Å². The Balaban J connectivity index is 2.52. The maximum atomic E-state index is 12.0. The third-order valence-corrected chi connectivity index (χ3v) is 2.89. The molecule has 134 valence electrons. The van der Waals surface area contributed by atoms with Gasteiger partial charge in [-0.1, -0.05) is 6.07 Å². The van der Waals surface area contributed by atoms with Crippen molar-refractivity contribution in [3.05, 3.63) is 24.3 Å². The van der Waals surface area contributed by atoms with E-state index in [2.05, 4.69) is 16.0 Å². The fraction of sp³-hybridized carbons (Fsp3) is 0.529. The van der Waals surface area contributed by atoms with E-state index in [0.29, 0.717) is 24.7 Å². The molecule has 0 saturated carbocycles. The molecule has 0 aliphatic carbocycles. The molecule has 0 spiro atoms. The van der Waals surface area contributed by atoms with Crippen LogP contribution in [0.25, 0.3) is 0 Å². The first kappa shape index (κ1) is 19.8. The number of carbonyl (C=O) groups excluding carboxylic acids is 2. The van der Waals surface area contributed by atoms with E-state index in [1.165, 1.54) is 0 Å². The number of hydrogen-bond donors (Lipinski definition) is 3. The van der Waals surface area contributed by atoms with E-state index in [4.69, 9.17) is 9.47 Å². The van der Waals surface area contributed by atoms with Gasteiger partial charge in [-0.15, -0.1) is 0 Å². The van der Waals surface area contributed by atoms with Crippen molar-refractivity contribution in [2.45, 2.75) is 39.3 Å². The Kier molecular flexibility index (Phi) is 7.51. The predicted molar refractivity (Wildman–Crippen MR) is 93.3 cm³/mol. The molecule has 7 nitrogen and oxygen atoms in total. The second-order valence-electron chi connectivity index (χ2n) is 6.43. The van der Waals surface area contributed by atoms with Gasteiger partial charge >= 0.3 is 6.03 Å². The Morgan fingerprint density at radius 3 is 2.54 bits per heavy atom. The summed E-state index contributed by atoms with van der Waals surface area (Å²) in [5, 5.41) is 8.09. The van der Waals surface area contributed by atoms with Crippen LogP contribution in [0.5, 0.6) is 5.75 Å². The highest BCUT2D eigenvalue weighted by Crippen LogP contribution is 2.17. The fourth-order valence-corrected chi connectivity index (χ4v) is 1.81. The van der Waals surface area contributed by atoms with E-state index >= 15 is 0 Å². The number of carbonyl (C=O) groups is 2. The highest BCUT2D eigenvalue weighted by atomic mass is 16.5. The van der Waals surface area contributed by atoms with Crippen molar-refractivity contribution >= 4 is 17.6 Å². The van der Waals surface area contributed by atoms with Crippen molar-refractivity contribution in [3.63, 3.8) is 0 Å². The fourth-order valence-electron chi connectivity index (χ4n) is 1.81. The molecule has 1 unspecified atom stereocenters. The van der Waals surface area contributed by atoms with Crippen LogP contribution in [0.2, 0.25) is 0 Å². The Bertz CT molecular complexity index is 555. The van der Waals surface area contributed by atoms with Crippen LogP contribution in [0, 0.1) is 0 Å². The number of urea groups is 1. The highest BCUT2D eigenvalue weighted by Gasteiger charge is 2.20. The Hall–Kier alpha value is -2.28. The molecule has 24 heavy (non-hydrogen) atoms. The second kappa shape index (κ2) is 9.12. The predicted octanol–water partition coefficient (Wildman–Crippen LogP) is 2.14. The lowest BCUT2D eigenvalue weighted by molar-refractivity contribution is -0.123. The first-order valence-corrected chi connectivity index (χ1v) is 7.82. The van der Waals surface area contributed by atoms with Gasteiger partial charge in [-0.05, 0) is 39.8 Å². The number of ether oxygens (including phenoxy) is 2. The van der Waals surface area contributed by atoms with Crippen LogP contribution in [0.1, 0.15) is 27.7 Å². The summed E-state index contributed by atoms with van der Waals surface area (Å²) in [5.41, 5.74) is 0.225. The van der Waals surface area contributed by atoms with Crippen molar-refractivity contribution in [1.29, 1.82) is 0 Å². The lowest BCUT2D eigenvalue weighted by Gasteiger charge is -2.23. The van der Waals surface area contributed by atoms with Crippen LogP contribution >= 0.6 is 0 Å². The molecular weight excluding hydrogens is 310 g/mol. The average molecular weight is 337 g/mol. The standard InChI is InChI=1S/C17H27N3O4/c1-12(15(21)20-17(2,3)4)18-16(22)19-13-7-6-8-14(11-13)24-10-9-23-5/h6-8,11-12H,9-10H2,1-5H3,(H,20,21)(H2,18,19,22). The zero-order valence-corrected chi connectivity index (χ0v) is 14.9. The molecule has 0 heterocycles. The molecule has 1 atom stereocenters. The van der Waals surface area contributed by atoms with Gasteiger partial charge in [-0.25, -0.2) is 4.79 Å². The molecule has 0 radical (unpaired) electrons. The zero-order chi connectivity index (χ0) is 18.2. The summed E-state index contributed by atoms with van der Waals surface area (Å²) in [6.45, 7) is 8.19. The molecule has 0 bridgehead atoms. The molecule has 0 aromatic heterocycles. The Morgan fingerprint density at radius 1 is 1.21 bits per heavy atom. The van der Waals surface area contributed by atoms with E-state index in [0.717, 1.165) is 0 Å². The molecule has 1 aromatic rings. The van der Waals surface area contributed by atoms with Gasteiger partial charge in [-0.3, -0.25) is 4.79 Å². The van der Waals surface area contributed by atoms with Crippen LogP contribution in [0.15, 0.2) is 24.3 Å². The number of amides is 3. The van der Waals surface area contributed by atoms with Gasteiger partial charge in [0.05, 0.1) is 6.61 Å². The summed E-state index contributed by atoms with van der Waals surface area (Å²) in [6.07, 6.45) is 0. The average Bonchev–Trinajstić information content (AvgIpc) is 2.46. The first-order valence-electron chi connectivity index (χ1n) is 7.82. The summed E-state index contributed by atoms with van der Waals surface area (Å²) >= 11 is 0. The van der Waals surface area contributed by atoms with Crippen molar-refractivity contribution in [2.75, 3.05) is 25.6 Å². The van der Waals surface area contributed by atoms with Gasteiger partial charge in [0.2, 0.25) is 5.91 Å². The molecule has 0 fully saturated rings. The smallest absolute Gasteiger partial charge is 0.319 e. The van der Waals surface area contributed by atoms with Crippen molar-refractivity contribution < 1.29 is 19.1 Å². The lowest BCUT2D eigenvalue weighted by Crippen LogP contribution is -2.51. The molecule has 3 N–H and O–H groups in total. The number of anilines is 1. The second-order valence-corrected chi connectivity index (χ2v) is 6.43. The van der Waals surface area contributed by atoms with Gasteiger partial charge in [0.15, 0.2) is 0 Å². The summed E-state index contributed by atoms with van der Waals surface area (Å²) in [4.78, 5) is 24.0. The van der Waals surface area contributed by atoms with Crippen molar-refractivity contribution in [3.8, 4) is 5.75 Å². The Labute approximate surface area is 143 Å². The number of rotatable bonds is 7. The third kappa shape index (κ3) is 7.82. The molecule has 0 aliphatic heterocycles. The lowest BCUT2D eigenvalue weighted by atomic mass is 10.1. The minimum Gasteiger partial charge on any atom is -0.491 e. The number of benzene rings is 1. The van der Waals surface area contributed by atoms with E-state index in [9.17, 15) is 9.59 Å². The number of methoxy groups -OCH3 is 1. The minimum absolute atomic E-state index is 0.241. The third-order valence-electron chi connectivity index (χ3n) is 2.89. The normalized spacial score (nSPS) is 12.2. The molecule has 1 aromatic carbocycles. The van der Waals surface area contributed by atoms with Gasteiger partial charge < -0.3 is 25.4 Å². The number of nitrogens with one attached hydrogen (secondary N) is 3. The van der Waals surface area contributed by atoms with Crippen molar-refractivity contribution in [1.82, 2.24) is 10.6 Å². The van der Waals surface area contributed by atoms with E-state index in [1.807, 2.05) is 20.8 Å². The van der Waals surface area contributed by atoms with E-state index < -0.39 is 12.1 Å². The zero-order valence-electron chi connectivity index (χ0n) is 14.9. The van der Waals surface area contributed by atoms with Gasteiger partial charge in [0.1, 0.15) is 18.4 Å². The van der Waals surface area contributed by atoms with Crippen LogP contribution in [-0.4, -0.2) is 43.8 Å². The molecule has 1 rings (SSSR count). The largest absolute Gasteiger partial charge is 0.491 e. The number of hydrogen-bond acceptors (Lipinski definition) is 4. The molecule has 7 heteroatoms. The maximum Gasteiger partial charge on any atom is 0.319 e. The molecule has 3 amide bonds. The van der Waals surface area contributed by atoms with Gasteiger partial charge in [-0.2, -0.15) is 0 Å². The van der Waals surface area contributed by atoms with Gasteiger partial charge in [0, 0.05) is 24.4 Å². The van der Waals surface area contributed by atoms with Crippen LogP contribution in [-0.2, 0) is 9.53 Å². The summed E-state index contributed by atoms with van der Waals surface area (Å²) < 4.78 is 10.4. The molecular formula is C17H27N3O4. The SMILES string of the molecule is COCCOc1cccc(NC(=O)NC(C)C(=O)NC(C)(C)C)c1. The van der Waals surface area contributed by atoms with Crippen molar-refractivity contribution in [2.24, 2.45) is 0 Å². The molecule has 0 saturated heterocycles. The van der Waals surface area contributed by atoms with E-state index in [-0.39, 0.29) is 11.4 Å². The quantitative estimate of drug-likeness (QED) is 0.665. The summed E-state index contributed by atoms with van der Waals surface area (Å²) in [7, 11) is 1.60. The topological polar surface area (TPSA) is 88.7 Å². The van der Waals surface area contributed by atoms with Gasteiger partial charge in [0.25, 0.3) is 0 Å². The summed E-state index contributed by atoms with van der Waals surface area (Å²) in [6, 6.07) is 5.90. The van der Waals surface area contributed by atoms with Crippen LogP contribution < -0.4 is 20.7 Å². The van der Waals surface area contributed by atoms with Crippen LogP contribution in [0.4, 0.5) is 10.5 Å². The maximum absolute atomic E-state index is 12.0. The molecule has 0 aliphatic rings. The van der Waals surface area contributed by atoms with Crippen LogP contribution in [0.3, 0.4) is 0 Å². The Morgan fingerprint density at radius 2 is 1.92 bits per heavy atom. The minimum atomic E-state index is -0.648. The highest BCUT2D eigenvalue weighted by molar-refractivity contribution is 5.93. The summed E-state index contributed by atoms with van der Waals surface area (Å²) in [5.74, 6) is 0.387. The first-order chi connectivity index (χ1) is 11.2.